The quantitative estimate of drug-likeness (QED) is 0.476. The maximum absolute atomic E-state index is 10.9. The van der Waals surface area contributed by atoms with Crippen LogP contribution >= 0.6 is 0 Å². The highest BCUT2D eigenvalue weighted by Gasteiger charge is 2.73. The third-order valence-corrected chi connectivity index (χ3v) is 12.8. The summed E-state index contributed by atoms with van der Waals surface area (Å²) >= 11 is 0. The minimum Gasteiger partial charge on any atom is -0.393 e. The molecule has 0 aromatic carbocycles. The molecule has 2 nitrogen and oxygen atoms in total. The van der Waals surface area contributed by atoms with Gasteiger partial charge in [0.15, 0.2) is 0 Å². The van der Waals surface area contributed by atoms with Crippen LogP contribution in [0.5, 0.6) is 0 Å². The first-order chi connectivity index (χ1) is 15.0. The summed E-state index contributed by atoms with van der Waals surface area (Å²) in [7, 11) is 0. The van der Waals surface area contributed by atoms with Gasteiger partial charge in [0.25, 0.3) is 0 Å². The van der Waals surface area contributed by atoms with E-state index in [1.54, 1.807) is 0 Å². The van der Waals surface area contributed by atoms with Crippen molar-refractivity contribution in [3.63, 3.8) is 0 Å². The van der Waals surface area contributed by atoms with Gasteiger partial charge in [0.2, 0.25) is 0 Å². The smallest absolute Gasteiger partial charge is 0.0618 e. The summed E-state index contributed by atoms with van der Waals surface area (Å²) in [5.74, 6) is 4.73. The van der Waals surface area contributed by atoms with Gasteiger partial charge in [0.1, 0.15) is 0 Å². The summed E-state index contributed by atoms with van der Waals surface area (Å²) in [6, 6.07) is 0. The zero-order valence-electron chi connectivity index (χ0n) is 22.3. The molecule has 4 aliphatic carbocycles. The van der Waals surface area contributed by atoms with Crippen LogP contribution in [0.1, 0.15) is 113 Å². The van der Waals surface area contributed by atoms with Crippen LogP contribution in [0.3, 0.4) is 0 Å². The zero-order valence-corrected chi connectivity index (χ0v) is 22.3. The fourth-order valence-electron chi connectivity index (χ4n) is 10.9. The Morgan fingerprint density at radius 2 is 1.66 bits per heavy atom. The van der Waals surface area contributed by atoms with Gasteiger partial charge < -0.3 is 9.84 Å². The van der Waals surface area contributed by atoms with Crippen LogP contribution in [0.25, 0.3) is 0 Å². The van der Waals surface area contributed by atoms with Gasteiger partial charge >= 0.3 is 0 Å². The molecule has 0 bridgehead atoms. The third kappa shape index (κ3) is 3.03. The predicted octanol–water partition coefficient (Wildman–Crippen LogP) is 7.48. The number of hydrogen-bond donors (Lipinski definition) is 1. The van der Waals surface area contributed by atoms with Crippen molar-refractivity contribution in [2.45, 2.75) is 125 Å². The number of rotatable bonds is 5. The van der Waals surface area contributed by atoms with Crippen LogP contribution in [0.15, 0.2) is 0 Å². The Morgan fingerprint density at radius 3 is 2.38 bits per heavy atom. The Labute approximate surface area is 198 Å². The lowest BCUT2D eigenvalue weighted by molar-refractivity contribution is -0.193. The number of aliphatic hydroxyl groups is 1. The molecule has 0 aromatic heterocycles. The molecule has 4 saturated carbocycles. The Kier molecular flexibility index (Phi) is 5.70. The first kappa shape index (κ1) is 23.7. The lowest BCUT2D eigenvalue weighted by Gasteiger charge is -2.66. The first-order valence-electron chi connectivity index (χ1n) is 14.3. The molecule has 0 radical (unpaired) electrons. The number of hydrogen-bond acceptors (Lipinski definition) is 2. The van der Waals surface area contributed by atoms with Gasteiger partial charge in [0, 0.05) is 5.41 Å². The number of ether oxygens (including phenoxy) is 1. The molecule has 2 heteroatoms. The molecule has 32 heavy (non-hydrogen) atoms. The van der Waals surface area contributed by atoms with E-state index in [-0.39, 0.29) is 11.5 Å². The number of fused-ring (bicyclic) bond motifs is 2. The molecule has 1 saturated heterocycles. The molecule has 5 fully saturated rings. The number of aliphatic hydroxyl groups excluding tert-OH is 1. The highest BCUT2D eigenvalue weighted by atomic mass is 16.5. The Hall–Kier alpha value is -0.0800. The maximum atomic E-state index is 10.9. The van der Waals surface area contributed by atoms with Gasteiger partial charge in [0.05, 0.1) is 18.8 Å². The molecule has 1 heterocycles. The van der Waals surface area contributed by atoms with Gasteiger partial charge in [-0.05, 0) is 96.7 Å². The molecular weight excluding hydrogens is 392 g/mol. The normalized spacial score (nSPS) is 52.4. The third-order valence-electron chi connectivity index (χ3n) is 12.8. The van der Waals surface area contributed by atoms with E-state index in [2.05, 4.69) is 48.5 Å². The van der Waals surface area contributed by atoms with E-state index in [1.807, 2.05) is 0 Å². The van der Waals surface area contributed by atoms with E-state index in [1.165, 1.54) is 57.8 Å². The summed E-state index contributed by atoms with van der Waals surface area (Å²) in [6.07, 6.45) is 13.5. The van der Waals surface area contributed by atoms with E-state index in [0.29, 0.717) is 28.3 Å². The Balaban J connectivity index is 1.43. The average Bonchev–Trinajstić information content (AvgIpc) is 3.21. The van der Waals surface area contributed by atoms with E-state index >= 15 is 0 Å². The van der Waals surface area contributed by atoms with Gasteiger partial charge in [-0.1, -0.05) is 67.7 Å². The highest BCUT2D eigenvalue weighted by Crippen LogP contribution is 2.76. The fourth-order valence-corrected chi connectivity index (χ4v) is 10.9. The van der Waals surface area contributed by atoms with Crippen molar-refractivity contribution >= 4 is 0 Å². The fraction of sp³-hybridized carbons (Fsp3) is 1.00. The summed E-state index contributed by atoms with van der Waals surface area (Å²) < 4.78 is 6.84. The van der Waals surface area contributed by atoms with E-state index < -0.39 is 0 Å². The Morgan fingerprint density at radius 1 is 0.906 bits per heavy atom. The molecule has 0 aromatic rings. The van der Waals surface area contributed by atoms with Crippen molar-refractivity contribution < 1.29 is 9.84 Å². The van der Waals surface area contributed by atoms with Crippen molar-refractivity contribution in [3.05, 3.63) is 0 Å². The first-order valence-corrected chi connectivity index (χ1v) is 14.3. The van der Waals surface area contributed by atoms with Gasteiger partial charge in [-0.3, -0.25) is 0 Å². The summed E-state index contributed by atoms with van der Waals surface area (Å²) in [5.41, 5.74) is 1.27. The molecule has 1 aliphatic heterocycles. The molecule has 1 spiro atoms. The summed E-state index contributed by atoms with van der Waals surface area (Å²) in [5, 5.41) is 10.9. The van der Waals surface area contributed by atoms with Gasteiger partial charge in [-0.2, -0.15) is 0 Å². The summed E-state index contributed by atoms with van der Waals surface area (Å²) in [4.78, 5) is 0. The largest absolute Gasteiger partial charge is 0.393 e. The SMILES string of the molecule is CC(C)CCC[C@@H](C)[C@H]1CC[C@@]2(C)[C@@H]3CC[C@H]4C(C)(C)[C@@H](O)CC[C@@]45CO[C@@H](C[C@]12C)[C@@H]35. The molecule has 1 N–H and O–H groups in total. The van der Waals surface area contributed by atoms with Crippen LogP contribution in [-0.4, -0.2) is 23.9 Å². The molecule has 5 rings (SSSR count). The molecular formula is C30H52O2. The average molecular weight is 445 g/mol. The molecule has 0 unspecified atom stereocenters. The Bertz CT molecular complexity index is 714. The van der Waals surface area contributed by atoms with Gasteiger partial charge in [-0.25, -0.2) is 0 Å². The summed E-state index contributed by atoms with van der Waals surface area (Å²) in [6.45, 7) is 18.4. The van der Waals surface area contributed by atoms with Crippen molar-refractivity contribution in [2.24, 2.45) is 57.2 Å². The van der Waals surface area contributed by atoms with Gasteiger partial charge in [-0.15, -0.1) is 0 Å². The van der Waals surface area contributed by atoms with Crippen molar-refractivity contribution in [1.82, 2.24) is 0 Å². The minimum absolute atomic E-state index is 0.0340. The maximum Gasteiger partial charge on any atom is 0.0618 e. The van der Waals surface area contributed by atoms with E-state index in [0.717, 1.165) is 42.6 Å². The second-order valence-electron chi connectivity index (χ2n) is 14.7. The molecule has 5 aliphatic rings. The highest BCUT2D eigenvalue weighted by molar-refractivity contribution is 5.21. The second kappa shape index (κ2) is 7.71. The lowest BCUT2D eigenvalue weighted by Crippen LogP contribution is -2.63. The predicted molar refractivity (Wildman–Crippen MR) is 132 cm³/mol. The lowest BCUT2D eigenvalue weighted by atomic mass is 9.38. The van der Waals surface area contributed by atoms with E-state index in [9.17, 15) is 5.11 Å². The molecule has 10 atom stereocenters. The van der Waals surface area contributed by atoms with Crippen LogP contribution in [0.4, 0.5) is 0 Å². The minimum atomic E-state index is -0.138. The standard InChI is InChI=1S/C30H52O2/c1-19(2)9-8-10-20(3)21-13-15-28(6)22-11-12-24-27(4,5)25(31)14-16-30(24)18-32-23(26(22)30)17-29(21,28)7/h19-26,31H,8-18H2,1-7H3/t20-,21-,22-,23+,24+,25+,26-,28+,29-,30-/m1/s1. The van der Waals surface area contributed by atoms with Crippen LogP contribution in [-0.2, 0) is 4.74 Å². The zero-order chi connectivity index (χ0) is 23.1. The monoisotopic (exact) mass is 444 g/mol. The molecule has 184 valence electrons. The van der Waals surface area contributed by atoms with Crippen molar-refractivity contribution in [1.29, 1.82) is 0 Å². The van der Waals surface area contributed by atoms with Crippen LogP contribution in [0.2, 0.25) is 0 Å². The molecule has 0 amide bonds. The second-order valence-corrected chi connectivity index (χ2v) is 14.7. The van der Waals surface area contributed by atoms with E-state index in [4.69, 9.17) is 4.74 Å². The van der Waals surface area contributed by atoms with Crippen molar-refractivity contribution in [3.8, 4) is 0 Å². The topological polar surface area (TPSA) is 29.5 Å². The van der Waals surface area contributed by atoms with Crippen LogP contribution < -0.4 is 0 Å². The van der Waals surface area contributed by atoms with Crippen molar-refractivity contribution in [2.75, 3.05) is 6.61 Å². The van der Waals surface area contributed by atoms with Crippen LogP contribution in [0, 0.1) is 57.2 Å².